The Labute approximate surface area is 98.0 Å². The van der Waals surface area contributed by atoms with E-state index in [9.17, 15) is 9.59 Å². The molecule has 0 spiro atoms. The van der Waals surface area contributed by atoms with Crippen molar-refractivity contribution in [1.29, 1.82) is 0 Å². The molecule has 0 saturated heterocycles. The number of allylic oxidation sites excluding steroid dienone is 4. The van der Waals surface area contributed by atoms with Gasteiger partial charge < -0.3 is 10.8 Å². The molecule has 3 N–H and O–H groups in total. The van der Waals surface area contributed by atoms with E-state index in [2.05, 4.69) is 4.99 Å². The number of nitrogens with two attached hydrogens (primary N) is 1. The van der Waals surface area contributed by atoms with E-state index < -0.39 is 12.0 Å². The molecule has 5 heteroatoms. The number of rotatable bonds is 3. The number of fused-ring (bicyclic) bond motifs is 1. The van der Waals surface area contributed by atoms with Crippen LogP contribution >= 0.6 is 0 Å². The second kappa shape index (κ2) is 4.47. The van der Waals surface area contributed by atoms with Crippen LogP contribution in [0.5, 0.6) is 0 Å². The van der Waals surface area contributed by atoms with Crippen molar-refractivity contribution in [3.63, 3.8) is 0 Å². The number of carbonyl (C=O) groups excluding carboxylic acids is 1. The largest absolute Gasteiger partial charge is 0.480 e. The van der Waals surface area contributed by atoms with Crippen molar-refractivity contribution in [2.24, 2.45) is 16.6 Å². The van der Waals surface area contributed by atoms with E-state index in [0.717, 1.165) is 0 Å². The van der Waals surface area contributed by atoms with Crippen LogP contribution in [0.25, 0.3) is 0 Å². The summed E-state index contributed by atoms with van der Waals surface area (Å²) in [5, 5.41) is 8.78. The third-order valence-electron chi connectivity index (χ3n) is 2.72. The number of hydrogen-bond donors (Lipinski definition) is 2. The molecule has 0 saturated carbocycles. The first-order valence-corrected chi connectivity index (χ1v) is 5.24. The highest BCUT2D eigenvalue weighted by Gasteiger charge is 2.26. The zero-order valence-electron chi connectivity index (χ0n) is 9.04. The Morgan fingerprint density at radius 1 is 1.53 bits per heavy atom. The second-order valence-electron chi connectivity index (χ2n) is 3.96. The predicted molar refractivity (Wildman–Crippen MR) is 62.5 cm³/mol. The minimum atomic E-state index is -1.07. The van der Waals surface area contributed by atoms with Crippen LogP contribution in [0.2, 0.25) is 0 Å². The molecule has 0 aromatic heterocycles. The maximum Gasteiger partial charge on any atom is 0.320 e. The van der Waals surface area contributed by atoms with Gasteiger partial charge in [0.05, 0.1) is 5.71 Å². The Hall–Kier alpha value is -2.01. The predicted octanol–water partition coefficient (Wildman–Crippen LogP) is 0.438. The highest BCUT2D eigenvalue weighted by Crippen LogP contribution is 2.26. The Kier molecular flexibility index (Phi) is 3.01. The molecule has 0 radical (unpaired) electrons. The molecule has 0 fully saturated rings. The van der Waals surface area contributed by atoms with Gasteiger partial charge in [0, 0.05) is 12.0 Å². The summed E-state index contributed by atoms with van der Waals surface area (Å²) in [6.07, 6.45) is 8.80. The van der Waals surface area contributed by atoms with Crippen LogP contribution in [0.15, 0.2) is 40.9 Å². The van der Waals surface area contributed by atoms with E-state index in [1.54, 1.807) is 12.2 Å². The molecule has 17 heavy (non-hydrogen) atoms. The summed E-state index contributed by atoms with van der Waals surface area (Å²) >= 11 is 0. The molecule has 1 aliphatic carbocycles. The molecule has 88 valence electrons. The van der Waals surface area contributed by atoms with Crippen molar-refractivity contribution in [3.8, 4) is 0 Å². The van der Waals surface area contributed by atoms with Crippen LogP contribution < -0.4 is 5.73 Å². The lowest BCUT2D eigenvalue weighted by atomic mass is 9.85. The van der Waals surface area contributed by atoms with Crippen molar-refractivity contribution >= 4 is 17.6 Å². The molecule has 1 amide bonds. The molecule has 1 heterocycles. The van der Waals surface area contributed by atoms with Gasteiger partial charge in [-0.25, -0.2) is 4.99 Å². The van der Waals surface area contributed by atoms with Crippen molar-refractivity contribution in [1.82, 2.24) is 0 Å². The highest BCUT2D eigenvalue weighted by molar-refractivity contribution is 6.12. The minimum Gasteiger partial charge on any atom is -0.480 e. The first kappa shape index (κ1) is 11.5. The third-order valence-corrected chi connectivity index (χ3v) is 2.72. The molecule has 0 aromatic rings. The summed E-state index contributed by atoms with van der Waals surface area (Å²) in [5.41, 5.74) is 6.83. The number of carboxylic acids is 1. The van der Waals surface area contributed by atoms with Gasteiger partial charge in [0.25, 0.3) is 5.91 Å². The van der Waals surface area contributed by atoms with Gasteiger partial charge in [-0.15, -0.1) is 0 Å². The number of dihydropyridines is 1. The fourth-order valence-electron chi connectivity index (χ4n) is 1.89. The first-order valence-electron chi connectivity index (χ1n) is 5.24. The Morgan fingerprint density at radius 2 is 2.29 bits per heavy atom. The van der Waals surface area contributed by atoms with Crippen LogP contribution in [0.4, 0.5) is 0 Å². The quantitative estimate of drug-likeness (QED) is 0.738. The molecule has 2 atom stereocenters. The second-order valence-corrected chi connectivity index (χ2v) is 3.96. The molecule has 2 rings (SSSR count). The fourth-order valence-corrected chi connectivity index (χ4v) is 1.89. The molecule has 0 aromatic carbocycles. The van der Waals surface area contributed by atoms with E-state index >= 15 is 0 Å². The number of aliphatic imine (C=N–C) groups is 1. The molecular formula is C12H12N2O3. The molecular weight excluding hydrogens is 220 g/mol. The van der Waals surface area contributed by atoms with E-state index in [4.69, 9.17) is 10.8 Å². The summed E-state index contributed by atoms with van der Waals surface area (Å²) in [5.74, 6) is -1.55. The van der Waals surface area contributed by atoms with Gasteiger partial charge >= 0.3 is 5.97 Å². The van der Waals surface area contributed by atoms with Crippen LogP contribution in [0.3, 0.4) is 0 Å². The average Bonchev–Trinajstić information content (AvgIpc) is 2.28. The zero-order chi connectivity index (χ0) is 12.4. The third kappa shape index (κ3) is 2.39. The minimum absolute atomic E-state index is 0.122. The standard InChI is InChI=1S/C12H12N2O3/c13-9(12(16)17)5-7-6-11(15)14-10-4-2-1-3-8(7)10/h1-4,6,8-9H,5,13H2,(H,16,17). The number of carboxylic acid groups (broad SMARTS) is 1. The molecule has 2 aliphatic rings. The van der Waals surface area contributed by atoms with Gasteiger partial charge in [0.15, 0.2) is 0 Å². The van der Waals surface area contributed by atoms with E-state index in [0.29, 0.717) is 11.3 Å². The van der Waals surface area contributed by atoms with Gasteiger partial charge in [-0.3, -0.25) is 9.59 Å². The van der Waals surface area contributed by atoms with E-state index in [1.807, 2.05) is 12.2 Å². The molecule has 0 bridgehead atoms. The lowest BCUT2D eigenvalue weighted by molar-refractivity contribution is -0.138. The smallest absolute Gasteiger partial charge is 0.320 e. The number of carbonyl (C=O) groups is 2. The Bertz CT molecular complexity index is 486. The normalized spacial score (nSPS) is 23.8. The summed E-state index contributed by atoms with van der Waals surface area (Å²) in [4.78, 5) is 26.0. The summed E-state index contributed by atoms with van der Waals surface area (Å²) < 4.78 is 0. The summed E-state index contributed by atoms with van der Waals surface area (Å²) in [6, 6.07) is -0.993. The van der Waals surface area contributed by atoms with Gasteiger partial charge in [-0.2, -0.15) is 0 Å². The zero-order valence-corrected chi connectivity index (χ0v) is 9.04. The summed E-state index contributed by atoms with van der Waals surface area (Å²) in [7, 11) is 0. The Morgan fingerprint density at radius 3 is 3.00 bits per heavy atom. The van der Waals surface area contributed by atoms with Gasteiger partial charge in [-0.1, -0.05) is 18.2 Å². The van der Waals surface area contributed by atoms with Crippen molar-refractivity contribution in [2.45, 2.75) is 12.5 Å². The van der Waals surface area contributed by atoms with Crippen molar-refractivity contribution in [2.75, 3.05) is 0 Å². The average molecular weight is 232 g/mol. The fraction of sp³-hybridized carbons (Fsp3) is 0.250. The molecule has 5 nitrogen and oxygen atoms in total. The topological polar surface area (TPSA) is 92.8 Å². The number of hydrogen-bond acceptors (Lipinski definition) is 3. The number of amides is 1. The van der Waals surface area contributed by atoms with Crippen LogP contribution in [-0.4, -0.2) is 28.7 Å². The van der Waals surface area contributed by atoms with Gasteiger partial charge in [-0.05, 0) is 18.1 Å². The lowest BCUT2D eigenvalue weighted by Crippen LogP contribution is -2.33. The van der Waals surface area contributed by atoms with E-state index in [1.165, 1.54) is 6.08 Å². The van der Waals surface area contributed by atoms with Crippen molar-refractivity contribution in [3.05, 3.63) is 36.0 Å². The van der Waals surface area contributed by atoms with Gasteiger partial charge in [0.1, 0.15) is 6.04 Å². The maximum absolute atomic E-state index is 11.4. The lowest BCUT2D eigenvalue weighted by Gasteiger charge is -2.23. The number of aliphatic carboxylic acids is 1. The van der Waals surface area contributed by atoms with Crippen LogP contribution in [0.1, 0.15) is 6.42 Å². The van der Waals surface area contributed by atoms with Crippen LogP contribution in [0, 0.1) is 5.92 Å². The highest BCUT2D eigenvalue weighted by atomic mass is 16.4. The monoisotopic (exact) mass is 232 g/mol. The molecule has 2 unspecified atom stereocenters. The molecule has 1 aliphatic heterocycles. The number of nitrogens with zero attached hydrogens (tertiary/aromatic N) is 1. The van der Waals surface area contributed by atoms with Crippen LogP contribution in [-0.2, 0) is 9.59 Å². The van der Waals surface area contributed by atoms with Crippen molar-refractivity contribution < 1.29 is 14.7 Å². The maximum atomic E-state index is 11.4. The Balaban J connectivity index is 2.22. The first-order chi connectivity index (χ1) is 8.08. The summed E-state index contributed by atoms with van der Waals surface area (Å²) in [6.45, 7) is 0. The van der Waals surface area contributed by atoms with E-state index in [-0.39, 0.29) is 18.2 Å². The van der Waals surface area contributed by atoms with Gasteiger partial charge in [0.2, 0.25) is 0 Å². The SMILES string of the molecule is NC(CC1=CC(=O)N=C2C=CC=CC12)C(=O)O.